The largest absolute Gasteiger partial charge is 0.496 e. The quantitative estimate of drug-likeness (QED) is 0.773. The average molecular weight is 280 g/mol. The second-order valence-corrected chi connectivity index (χ2v) is 4.81. The van der Waals surface area contributed by atoms with E-state index >= 15 is 0 Å². The van der Waals surface area contributed by atoms with Crippen molar-refractivity contribution in [2.45, 2.75) is 6.92 Å². The van der Waals surface area contributed by atoms with Crippen LogP contribution in [0, 0.1) is 6.92 Å². The minimum absolute atomic E-state index is 0.441. The fourth-order valence-corrected chi connectivity index (χ4v) is 2.38. The molecular formula is C16H16N4O. The molecule has 0 amide bonds. The molecule has 3 rings (SSSR count). The number of hydrogen-bond acceptors (Lipinski definition) is 4. The van der Waals surface area contributed by atoms with Crippen LogP contribution in [0.25, 0.3) is 22.4 Å². The lowest BCUT2D eigenvalue weighted by Gasteiger charge is -2.09. The summed E-state index contributed by atoms with van der Waals surface area (Å²) in [6.45, 7) is 2.00. The van der Waals surface area contributed by atoms with Crippen LogP contribution >= 0.6 is 0 Å². The Balaban J connectivity index is 2.22. The third-order valence-electron chi connectivity index (χ3n) is 3.33. The number of nitrogen functional groups attached to an aromatic ring is 1. The van der Waals surface area contributed by atoms with Gasteiger partial charge < -0.3 is 10.5 Å². The number of aromatic amines is 1. The number of rotatable bonds is 3. The van der Waals surface area contributed by atoms with Crippen LogP contribution < -0.4 is 10.5 Å². The Kier molecular flexibility index (Phi) is 3.31. The van der Waals surface area contributed by atoms with E-state index in [4.69, 9.17) is 10.5 Å². The van der Waals surface area contributed by atoms with E-state index in [1.54, 1.807) is 13.3 Å². The van der Waals surface area contributed by atoms with E-state index in [0.717, 1.165) is 33.7 Å². The predicted octanol–water partition coefficient (Wildman–Crippen LogP) is 3.04. The van der Waals surface area contributed by atoms with E-state index in [-0.39, 0.29) is 0 Å². The molecule has 0 aliphatic carbocycles. The van der Waals surface area contributed by atoms with Crippen molar-refractivity contribution < 1.29 is 4.74 Å². The molecular weight excluding hydrogens is 264 g/mol. The molecule has 0 aliphatic rings. The molecule has 106 valence electrons. The van der Waals surface area contributed by atoms with Crippen LogP contribution in [0.1, 0.15) is 5.56 Å². The van der Waals surface area contributed by atoms with Gasteiger partial charge >= 0.3 is 0 Å². The maximum absolute atomic E-state index is 6.05. The first-order valence-corrected chi connectivity index (χ1v) is 6.60. The van der Waals surface area contributed by atoms with E-state index in [0.29, 0.717) is 5.82 Å². The van der Waals surface area contributed by atoms with Crippen molar-refractivity contribution in [1.29, 1.82) is 0 Å². The molecule has 0 fully saturated rings. The minimum atomic E-state index is 0.441. The van der Waals surface area contributed by atoms with Crippen molar-refractivity contribution >= 4 is 5.82 Å². The number of aromatic nitrogens is 3. The Hall–Kier alpha value is -2.82. The van der Waals surface area contributed by atoms with Gasteiger partial charge in [-0.25, -0.2) is 0 Å². The minimum Gasteiger partial charge on any atom is -0.496 e. The van der Waals surface area contributed by atoms with Gasteiger partial charge in [-0.3, -0.25) is 10.1 Å². The van der Waals surface area contributed by atoms with Gasteiger partial charge in [0.1, 0.15) is 5.75 Å². The van der Waals surface area contributed by atoms with Gasteiger partial charge in [-0.05, 0) is 24.6 Å². The van der Waals surface area contributed by atoms with Crippen molar-refractivity contribution in [3.63, 3.8) is 0 Å². The molecule has 1 aromatic carbocycles. The molecule has 0 atom stereocenters. The van der Waals surface area contributed by atoms with Crippen LogP contribution in [-0.4, -0.2) is 22.3 Å². The molecule has 0 aliphatic heterocycles. The number of pyridine rings is 1. The van der Waals surface area contributed by atoms with Crippen LogP contribution in [-0.2, 0) is 0 Å². The zero-order valence-corrected chi connectivity index (χ0v) is 11.9. The SMILES string of the molecule is COc1ccccc1-c1c(N)n[nH]c1-c1cncc(C)c1. The number of anilines is 1. The number of para-hydroxylation sites is 1. The van der Waals surface area contributed by atoms with Crippen molar-refractivity contribution in [2.75, 3.05) is 12.8 Å². The highest BCUT2D eigenvalue weighted by molar-refractivity contribution is 5.90. The summed E-state index contributed by atoms with van der Waals surface area (Å²) in [7, 11) is 1.64. The molecule has 21 heavy (non-hydrogen) atoms. The second kappa shape index (κ2) is 5.28. The van der Waals surface area contributed by atoms with Gasteiger partial charge in [0.25, 0.3) is 0 Å². The van der Waals surface area contributed by atoms with Gasteiger partial charge in [0.05, 0.1) is 18.4 Å². The molecule has 3 aromatic rings. The lowest BCUT2D eigenvalue weighted by atomic mass is 10.0. The van der Waals surface area contributed by atoms with Crippen molar-refractivity contribution in [1.82, 2.24) is 15.2 Å². The normalized spacial score (nSPS) is 10.6. The molecule has 0 unspecified atom stereocenters. The number of H-pyrrole nitrogens is 1. The third-order valence-corrected chi connectivity index (χ3v) is 3.33. The van der Waals surface area contributed by atoms with Crippen LogP contribution in [0.2, 0.25) is 0 Å². The predicted molar refractivity (Wildman–Crippen MR) is 83.0 cm³/mol. The lowest BCUT2D eigenvalue weighted by molar-refractivity contribution is 0.416. The van der Waals surface area contributed by atoms with Gasteiger partial charge in [-0.2, -0.15) is 5.10 Å². The summed E-state index contributed by atoms with van der Waals surface area (Å²) in [6.07, 6.45) is 3.60. The van der Waals surface area contributed by atoms with Gasteiger partial charge in [0.15, 0.2) is 5.82 Å². The molecule has 0 saturated heterocycles. The average Bonchev–Trinajstić information content (AvgIpc) is 2.89. The van der Waals surface area contributed by atoms with E-state index in [9.17, 15) is 0 Å². The molecule has 5 heteroatoms. The summed E-state index contributed by atoms with van der Waals surface area (Å²) in [5.41, 5.74) is 10.7. The number of nitrogens with zero attached hydrogens (tertiary/aromatic N) is 2. The maximum Gasteiger partial charge on any atom is 0.153 e. The zero-order valence-electron chi connectivity index (χ0n) is 11.9. The van der Waals surface area contributed by atoms with E-state index in [1.807, 2.05) is 43.5 Å². The van der Waals surface area contributed by atoms with E-state index in [1.165, 1.54) is 0 Å². The van der Waals surface area contributed by atoms with Crippen molar-refractivity contribution in [2.24, 2.45) is 0 Å². The van der Waals surface area contributed by atoms with Gasteiger partial charge in [0.2, 0.25) is 0 Å². The highest BCUT2D eigenvalue weighted by Crippen LogP contribution is 2.39. The molecule has 0 spiro atoms. The molecule has 0 saturated carbocycles. The molecule has 0 radical (unpaired) electrons. The summed E-state index contributed by atoms with van der Waals surface area (Å²) in [4.78, 5) is 4.23. The first-order chi connectivity index (χ1) is 10.2. The molecule has 5 nitrogen and oxygen atoms in total. The Labute approximate surface area is 122 Å². The second-order valence-electron chi connectivity index (χ2n) is 4.81. The van der Waals surface area contributed by atoms with Crippen LogP contribution in [0.15, 0.2) is 42.7 Å². The fraction of sp³-hybridized carbons (Fsp3) is 0.125. The van der Waals surface area contributed by atoms with Crippen LogP contribution in [0.4, 0.5) is 5.82 Å². The summed E-state index contributed by atoms with van der Waals surface area (Å²) in [6, 6.07) is 9.78. The first-order valence-electron chi connectivity index (χ1n) is 6.60. The Morgan fingerprint density at radius 2 is 2.00 bits per heavy atom. The Morgan fingerprint density at radius 3 is 2.76 bits per heavy atom. The number of nitrogens with two attached hydrogens (primary N) is 1. The summed E-state index contributed by atoms with van der Waals surface area (Å²) in [5, 5.41) is 7.14. The monoisotopic (exact) mass is 280 g/mol. The molecule has 2 heterocycles. The standard InChI is InChI=1S/C16H16N4O/c1-10-7-11(9-18-8-10)15-14(16(17)20-19-15)12-5-3-4-6-13(12)21-2/h3-9H,1-2H3,(H3,17,19,20). The zero-order chi connectivity index (χ0) is 14.8. The number of ether oxygens (including phenoxy) is 1. The fourth-order valence-electron chi connectivity index (χ4n) is 2.38. The number of hydrogen-bond donors (Lipinski definition) is 2. The number of nitrogens with one attached hydrogen (secondary N) is 1. The van der Waals surface area contributed by atoms with Crippen LogP contribution in [0.5, 0.6) is 5.75 Å². The Morgan fingerprint density at radius 1 is 1.19 bits per heavy atom. The molecule has 2 aromatic heterocycles. The number of aryl methyl sites for hydroxylation is 1. The first kappa shape index (κ1) is 13.2. The van der Waals surface area contributed by atoms with Crippen LogP contribution in [0.3, 0.4) is 0 Å². The Bertz CT molecular complexity index is 779. The maximum atomic E-state index is 6.05. The smallest absolute Gasteiger partial charge is 0.153 e. The molecule has 3 N–H and O–H groups in total. The highest BCUT2D eigenvalue weighted by Gasteiger charge is 2.18. The van der Waals surface area contributed by atoms with Gasteiger partial charge in [-0.15, -0.1) is 0 Å². The van der Waals surface area contributed by atoms with Crippen molar-refractivity contribution in [3.8, 4) is 28.1 Å². The summed E-state index contributed by atoms with van der Waals surface area (Å²) < 4.78 is 5.43. The summed E-state index contributed by atoms with van der Waals surface area (Å²) >= 11 is 0. The summed E-state index contributed by atoms with van der Waals surface area (Å²) in [5.74, 6) is 1.20. The van der Waals surface area contributed by atoms with E-state index in [2.05, 4.69) is 15.2 Å². The highest BCUT2D eigenvalue weighted by atomic mass is 16.5. The van der Waals surface area contributed by atoms with E-state index < -0.39 is 0 Å². The lowest BCUT2D eigenvalue weighted by Crippen LogP contribution is -1.93. The third kappa shape index (κ3) is 2.33. The number of benzene rings is 1. The topological polar surface area (TPSA) is 76.8 Å². The number of methoxy groups -OCH3 is 1. The van der Waals surface area contributed by atoms with Crippen molar-refractivity contribution in [3.05, 3.63) is 48.3 Å². The van der Waals surface area contributed by atoms with Gasteiger partial charge in [-0.1, -0.05) is 18.2 Å². The van der Waals surface area contributed by atoms with Gasteiger partial charge in [0, 0.05) is 23.5 Å². The molecule has 0 bridgehead atoms.